The van der Waals surface area contributed by atoms with Gasteiger partial charge in [0, 0.05) is 35.9 Å². The number of hydrogen-bond donors (Lipinski definition) is 0. The molecule has 1 aromatic rings. The highest BCUT2D eigenvalue weighted by molar-refractivity contribution is 9.10. The molecular formula is C14H15BrFN5. The summed E-state index contributed by atoms with van der Waals surface area (Å²) < 4.78 is 14.2. The molecule has 0 aliphatic carbocycles. The summed E-state index contributed by atoms with van der Waals surface area (Å²) in [6.45, 7) is 4.72. The van der Waals surface area contributed by atoms with Gasteiger partial charge in [-0.1, -0.05) is 0 Å². The molecular weight excluding hydrogens is 337 g/mol. The van der Waals surface area contributed by atoms with Crippen LogP contribution in [0.3, 0.4) is 0 Å². The molecule has 0 unspecified atom stereocenters. The zero-order valence-electron chi connectivity index (χ0n) is 11.6. The summed E-state index contributed by atoms with van der Waals surface area (Å²) in [6.07, 6.45) is 3.92. The Morgan fingerprint density at radius 1 is 1.43 bits per heavy atom. The lowest BCUT2D eigenvalue weighted by Crippen LogP contribution is -2.57. The van der Waals surface area contributed by atoms with E-state index in [9.17, 15) is 4.39 Å². The maximum atomic E-state index is 13.5. The van der Waals surface area contributed by atoms with Crippen molar-refractivity contribution in [1.29, 1.82) is 5.26 Å². The molecule has 0 bridgehead atoms. The van der Waals surface area contributed by atoms with E-state index >= 15 is 0 Å². The Morgan fingerprint density at radius 3 is 2.95 bits per heavy atom. The van der Waals surface area contributed by atoms with Crippen LogP contribution in [-0.2, 0) is 0 Å². The van der Waals surface area contributed by atoms with Crippen molar-refractivity contribution in [3.05, 3.63) is 28.0 Å². The van der Waals surface area contributed by atoms with Crippen molar-refractivity contribution in [2.24, 2.45) is 4.99 Å². The van der Waals surface area contributed by atoms with Gasteiger partial charge in [-0.3, -0.25) is 10.0 Å². The second kappa shape index (κ2) is 5.62. The molecule has 0 N–H and O–H groups in total. The fourth-order valence-electron chi connectivity index (χ4n) is 2.78. The van der Waals surface area contributed by atoms with Gasteiger partial charge in [0.1, 0.15) is 12.5 Å². The van der Waals surface area contributed by atoms with Crippen LogP contribution in [0.5, 0.6) is 0 Å². The van der Waals surface area contributed by atoms with E-state index in [1.807, 2.05) is 6.92 Å². The third-order valence-corrected chi connectivity index (χ3v) is 4.44. The largest absolute Gasteiger partial charge is 0.305 e. The van der Waals surface area contributed by atoms with Crippen molar-refractivity contribution in [3.63, 3.8) is 0 Å². The lowest BCUT2D eigenvalue weighted by Gasteiger charge is -2.44. The number of fused-ring (bicyclic) bond motifs is 1. The molecule has 21 heavy (non-hydrogen) atoms. The first kappa shape index (κ1) is 14.3. The van der Waals surface area contributed by atoms with Crippen molar-refractivity contribution >= 4 is 27.8 Å². The van der Waals surface area contributed by atoms with E-state index in [-0.39, 0.29) is 11.9 Å². The number of piperazine rings is 1. The number of rotatable bonds is 1. The maximum absolute atomic E-state index is 13.5. The van der Waals surface area contributed by atoms with Crippen molar-refractivity contribution in [2.45, 2.75) is 13.0 Å². The molecule has 0 saturated carbocycles. The van der Waals surface area contributed by atoms with Crippen LogP contribution in [0.25, 0.3) is 0 Å². The van der Waals surface area contributed by atoms with Crippen molar-refractivity contribution < 1.29 is 4.39 Å². The Bertz CT molecular complexity index is 627. The summed E-state index contributed by atoms with van der Waals surface area (Å²) in [7, 11) is 0. The molecule has 3 rings (SSSR count). The van der Waals surface area contributed by atoms with Crippen LogP contribution in [0.4, 0.5) is 10.1 Å². The van der Waals surface area contributed by atoms with Crippen molar-refractivity contribution in [2.75, 3.05) is 31.3 Å². The summed E-state index contributed by atoms with van der Waals surface area (Å²) in [5, 5.41) is 13.3. The van der Waals surface area contributed by atoms with Crippen molar-refractivity contribution in [3.8, 4) is 6.19 Å². The molecule has 0 radical (unpaired) electrons. The lowest BCUT2D eigenvalue weighted by atomic mass is 10.1. The molecule has 2 aliphatic heterocycles. The van der Waals surface area contributed by atoms with Crippen LogP contribution in [0, 0.1) is 17.3 Å². The first-order valence-electron chi connectivity index (χ1n) is 6.78. The molecule has 2 heterocycles. The van der Waals surface area contributed by atoms with Crippen LogP contribution >= 0.6 is 15.9 Å². The Kier molecular flexibility index (Phi) is 3.83. The number of nitrogens with zero attached hydrogens (tertiary/aromatic N) is 5. The molecule has 7 heteroatoms. The molecule has 1 atom stereocenters. The minimum Gasteiger partial charge on any atom is -0.305 e. The molecule has 1 saturated heterocycles. The third-order valence-electron chi connectivity index (χ3n) is 3.84. The first-order valence-corrected chi connectivity index (χ1v) is 7.57. The number of nitriles is 1. The van der Waals surface area contributed by atoms with E-state index in [1.54, 1.807) is 11.1 Å². The molecule has 0 amide bonds. The second-order valence-corrected chi connectivity index (χ2v) is 6.09. The van der Waals surface area contributed by atoms with Gasteiger partial charge in [-0.15, -0.1) is 0 Å². The highest BCUT2D eigenvalue weighted by Gasteiger charge is 2.30. The van der Waals surface area contributed by atoms with Crippen LogP contribution < -0.4 is 5.01 Å². The first-order chi connectivity index (χ1) is 10.1. The zero-order valence-corrected chi connectivity index (χ0v) is 13.2. The van der Waals surface area contributed by atoms with Gasteiger partial charge < -0.3 is 4.90 Å². The number of aliphatic imine (C=N–C) groups is 1. The van der Waals surface area contributed by atoms with E-state index in [0.717, 1.165) is 28.8 Å². The van der Waals surface area contributed by atoms with E-state index < -0.39 is 0 Å². The van der Waals surface area contributed by atoms with Crippen LogP contribution in [0.1, 0.15) is 12.5 Å². The van der Waals surface area contributed by atoms with Gasteiger partial charge in [-0.25, -0.2) is 9.40 Å². The predicted molar refractivity (Wildman–Crippen MR) is 82.4 cm³/mol. The fraction of sp³-hybridized carbons (Fsp3) is 0.429. The number of benzene rings is 1. The summed E-state index contributed by atoms with van der Waals surface area (Å²) in [5.41, 5.74) is 1.70. The monoisotopic (exact) mass is 351 g/mol. The standard InChI is InChI=1S/C14H15BrFN5/c1-10-7-20(3-2-19(10)8-17)21-9-18-6-11-4-12(16)5-13(15)14(11)21/h4-6,10H,2-3,7,9H2,1H3/t10-/m0/s1. The van der Waals surface area contributed by atoms with Crippen LogP contribution in [-0.4, -0.2) is 48.5 Å². The quantitative estimate of drug-likeness (QED) is 0.727. The van der Waals surface area contributed by atoms with E-state index in [0.29, 0.717) is 13.2 Å². The molecule has 2 aliphatic rings. The molecule has 5 nitrogen and oxygen atoms in total. The minimum atomic E-state index is -0.281. The Morgan fingerprint density at radius 2 is 2.24 bits per heavy atom. The van der Waals surface area contributed by atoms with Gasteiger partial charge in [0.05, 0.1) is 11.7 Å². The number of hydrazine groups is 1. The summed E-state index contributed by atoms with van der Waals surface area (Å²) in [4.78, 5) is 6.10. The average Bonchev–Trinajstić information content (AvgIpc) is 2.46. The highest BCUT2D eigenvalue weighted by atomic mass is 79.9. The molecule has 0 aromatic heterocycles. The molecule has 1 aromatic carbocycles. The zero-order chi connectivity index (χ0) is 15.0. The number of anilines is 1. The maximum Gasteiger partial charge on any atom is 0.179 e. The van der Waals surface area contributed by atoms with Gasteiger partial charge in [0.25, 0.3) is 0 Å². The van der Waals surface area contributed by atoms with Crippen molar-refractivity contribution in [1.82, 2.24) is 9.91 Å². The SMILES string of the molecule is C[C@H]1CN(N2CN=Cc3cc(F)cc(Br)c32)CCN1C#N. The van der Waals surface area contributed by atoms with Gasteiger partial charge in [0.2, 0.25) is 0 Å². The lowest BCUT2D eigenvalue weighted by molar-refractivity contribution is 0.116. The minimum absolute atomic E-state index is 0.150. The third kappa shape index (κ3) is 2.61. The summed E-state index contributed by atoms with van der Waals surface area (Å²) in [6, 6.07) is 3.11. The van der Waals surface area contributed by atoms with Gasteiger partial charge >= 0.3 is 0 Å². The predicted octanol–water partition coefficient (Wildman–Crippen LogP) is 2.19. The topological polar surface area (TPSA) is 45.9 Å². The molecule has 0 spiro atoms. The fourth-order valence-corrected chi connectivity index (χ4v) is 3.43. The van der Waals surface area contributed by atoms with Crippen LogP contribution in [0.15, 0.2) is 21.6 Å². The number of halogens is 2. The normalized spacial score (nSPS) is 22.1. The van der Waals surface area contributed by atoms with Gasteiger partial charge in [-0.05, 0) is 35.0 Å². The van der Waals surface area contributed by atoms with Crippen LogP contribution in [0.2, 0.25) is 0 Å². The van der Waals surface area contributed by atoms with Gasteiger partial charge in [-0.2, -0.15) is 5.26 Å². The number of hydrogen-bond acceptors (Lipinski definition) is 5. The highest BCUT2D eigenvalue weighted by Crippen LogP contribution is 2.34. The van der Waals surface area contributed by atoms with E-state index in [4.69, 9.17) is 5.26 Å². The summed E-state index contributed by atoms with van der Waals surface area (Å²) in [5.74, 6) is -0.281. The average molecular weight is 352 g/mol. The van der Waals surface area contributed by atoms with E-state index in [1.165, 1.54) is 12.1 Å². The van der Waals surface area contributed by atoms with Gasteiger partial charge in [0.15, 0.2) is 6.19 Å². The Balaban J connectivity index is 1.89. The Hall–Kier alpha value is -1.65. The smallest absolute Gasteiger partial charge is 0.179 e. The molecule has 110 valence electrons. The second-order valence-electron chi connectivity index (χ2n) is 5.23. The van der Waals surface area contributed by atoms with E-state index in [2.05, 4.69) is 37.1 Å². The summed E-state index contributed by atoms with van der Waals surface area (Å²) >= 11 is 3.45. The molecule has 1 fully saturated rings. The Labute approximate surface area is 131 Å².